The number of carbonyl (C=O) groups excluding carboxylic acids is 1. The van der Waals surface area contributed by atoms with Crippen molar-refractivity contribution in [3.8, 4) is 17.6 Å². The van der Waals surface area contributed by atoms with E-state index in [9.17, 15) is 10.1 Å². The van der Waals surface area contributed by atoms with Crippen LogP contribution in [-0.4, -0.2) is 50.7 Å². The fraction of sp³-hybridized carbons (Fsp3) is 0.444. The van der Waals surface area contributed by atoms with Gasteiger partial charge in [-0.3, -0.25) is 4.79 Å². The molecule has 24 heavy (non-hydrogen) atoms. The predicted molar refractivity (Wildman–Crippen MR) is 91.8 cm³/mol. The molecule has 1 heterocycles. The number of carbonyl (C=O) groups is 1. The summed E-state index contributed by atoms with van der Waals surface area (Å²) < 4.78 is 10.4. The number of ether oxygens (including phenoxy) is 2. The number of benzene rings is 1. The van der Waals surface area contributed by atoms with E-state index in [2.05, 4.69) is 16.3 Å². The van der Waals surface area contributed by atoms with Gasteiger partial charge in [-0.05, 0) is 43.7 Å². The van der Waals surface area contributed by atoms with Crippen molar-refractivity contribution >= 4 is 12.0 Å². The molecule has 1 aliphatic heterocycles. The Bertz CT molecular complexity index is 656. The van der Waals surface area contributed by atoms with E-state index >= 15 is 0 Å². The third kappa shape index (κ3) is 4.27. The smallest absolute Gasteiger partial charge is 0.245 e. The van der Waals surface area contributed by atoms with Crippen LogP contribution in [0.25, 0.3) is 6.08 Å². The highest BCUT2D eigenvalue weighted by Crippen LogP contribution is 2.28. The Balaban J connectivity index is 2.04. The molecule has 0 aromatic heterocycles. The Morgan fingerprint density at radius 1 is 1.29 bits per heavy atom. The van der Waals surface area contributed by atoms with E-state index in [-0.39, 0.29) is 5.91 Å². The maximum Gasteiger partial charge on any atom is 0.245 e. The van der Waals surface area contributed by atoms with Gasteiger partial charge in [0.1, 0.15) is 5.54 Å². The van der Waals surface area contributed by atoms with Gasteiger partial charge in [0, 0.05) is 19.2 Å². The van der Waals surface area contributed by atoms with Crippen molar-refractivity contribution < 1.29 is 14.3 Å². The number of methoxy groups -OCH3 is 2. The molecule has 1 amide bonds. The molecule has 128 valence electrons. The number of nitriles is 1. The molecular formula is C18H23N3O3. The first-order chi connectivity index (χ1) is 11.5. The number of hydrogen-bond donors (Lipinski definition) is 1. The SMILES string of the molecule is COc1ccc(/C=C\C(=O)NC2(C#N)CCN(C)CC2)cc1OC. The Kier molecular flexibility index (Phi) is 5.83. The normalized spacial score (nSPS) is 17.2. The third-order valence-electron chi connectivity index (χ3n) is 4.25. The lowest BCUT2D eigenvalue weighted by Gasteiger charge is -2.35. The maximum absolute atomic E-state index is 12.2. The molecule has 0 saturated carbocycles. The molecule has 1 fully saturated rings. The van der Waals surface area contributed by atoms with Gasteiger partial charge >= 0.3 is 0 Å². The molecule has 0 aliphatic carbocycles. The minimum absolute atomic E-state index is 0.268. The van der Waals surface area contributed by atoms with Crippen LogP contribution < -0.4 is 14.8 Å². The van der Waals surface area contributed by atoms with E-state index in [1.165, 1.54) is 6.08 Å². The Morgan fingerprint density at radius 3 is 2.54 bits per heavy atom. The molecule has 1 aromatic rings. The summed E-state index contributed by atoms with van der Waals surface area (Å²) in [6.45, 7) is 1.60. The van der Waals surface area contributed by atoms with E-state index < -0.39 is 5.54 Å². The molecule has 1 aliphatic rings. The number of nitrogens with zero attached hydrogens (tertiary/aromatic N) is 2. The number of likely N-dealkylation sites (tertiary alicyclic amines) is 1. The fourth-order valence-electron chi connectivity index (χ4n) is 2.67. The quantitative estimate of drug-likeness (QED) is 0.834. The van der Waals surface area contributed by atoms with E-state index in [1.54, 1.807) is 32.4 Å². The second-order valence-electron chi connectivity index (χ2n) is 5.93. The van der Waals surface area contributed by atoms with Crippen molar-refractivity contribution in [2.24, 2.45) is 0 Å². The van der Waals surface area contributed by atoms with Crippen LogP contribution in [0.5, 0.6) is 11.5 Å². The van der Waals surface area contributed by atoms with Gasteiger partial charge in [-0.15, -0.1) is 0 Å². The number of amides is 1. The van der Waals surface area contributed by atoms with Gasteiger partial charge in [0.15, 0.2) is 11.5 Å². The Morgan fingerprint density at radius 2 is 1.96 bits per heavy atom. The Labute approximate surface area is 142 Å². The number of nitrogens with one attached hydrogen (secondary N) is 1. The zero-order chi connectivity index (χ0) is 17.6. The molecule has 0 spiro atoms. The lowest BCUT2D eigenvalue weighted by Crippen LogP contribution is -2.53. The monoisotopic (exact) mass is 329 g/mol. The van der Waals surface area contributed by atoms with E-state index in [0.29, 0.717) is 24.3 Å². The Hall–Kier alpha value is -2.52. The minimum atomic E-state index is -0.772. The van der Waals surface area contributed by atoms with Crippen molar-refractivity contribution in [3.05, 3.63) is 29.8 Å². The van der Waals surface area contributed by atoms with Gasteiger partial charge < -0.3 is 19.7 Å². The highest BCUT2D eigenvalue weighted by Gasteiger charge is 2.34. The average molecular weight is 329 g/mol. The molecule has 1 aromatic carbocycles. The van der Waals surface area contributed by atoms with Gasteiger partial charge in [0.25, 0.3) is 0 Å². The predicted octanol–water partition coefficient (Wildman–Crippen LogP) is 1.82. The molecule has 0 atom stereocenters. The molecule has 1 N–H and O–H groups in total. The summed E-state index contributed by atoms with van der Waals surface area (Å²) in [6.07, 6.45) is 4.40. The summed E-state index contributed by atoms with van der Waals surface area (Å²) in [5.41, 5.74) is 0.0445. The first-order valence-electron chi connectivity index (χ1n) is 7.84. The summed E-state index contributed by atoms with van der Waals surface area (Å²) in [5.74, 6) is 0.966. The number of rotatable bonds is 5. The largest absolute Gasteiger partial charge is 0.493 e. The lowest BCUT2D eigenvalue weighted by molar-refractivity contribution is -0.118. The molecular weight excluding hydrogens is 306 g/mol. The zero-order valence-electron chi connectivity index (χ0n) is 14.3. The van der Waals surface area contributed by atoms with Crippen molar-refractivity contribution in [3.63, 3.8) is 0 Å². The number of piperidine rings is 1. The van der Waals surface area contributed by atoms with Crippen molar-refractivity contribution in [2.45, 2.75) is 18.4 Å². The van der Waals surface area contributed by atoms with E-state index in [0.717, 1.165) is 18.7 Å². The minimum Gasteiger partial charge on any atom is -0.493 e. The van der Waals surface area contributed by atoms with Gasteiger partial charge in [-0.2, -0.15) is 5.26 Å². The molecule has 0 unspecified atom stereocenters. The highest BCUT2D eigenvalue weighted by molar-refractivity contribution is 5.92. The lowest BCUT2D eigenvalue weighted by atomic mass is 9.89. The van der Waals surface area contributed by atoms with Crippen LogP contribution in [0.15, 0.2) is 24.3 Å². The standard InChI is InChI=1S/C18H23N3O3/c1-21-10-8-18(13-19,9-11-21)20-17(22)7-5-14-4-6-15(23-2)16(12-14)24-3/h4-7,12H,8-11H2,1-3H3,(H,20,22)/b7-5-. The molecule has 6 nitrogen and oxygen atoms in total. The third-order valence-corrected chi connectivity index (χ3v) is 4.25. The van der Waals surface area contributed by atoms with Crippen molar-refractivity contribution in [1.29, 1.82) is 5.26 Å². The van der Waals surface area contributed by atoms with Gasteiger partial charge in [0.2, 0.25) is 5.91 Å². The van der Waals surface area contributed by atoms with Crippen LogP contribution >= 0.6 is 0 Å². The second-order valence-corrected chi connectivity index (χ2v) is 5.93. The molecule has 0 bridgehead atoms. The molecule has 1 saturated heterocycles. The highest BCUT2D eigenvalue weighted by atomic mass is 16.5. The first kappa shape index (κ1) is 17.8. The van der Waals surface area contributed by atoms with Crippen LogP contribution in [0.1, 0.15) is 18.4 Å². The fourth-order valence-corrected chi connectivity index (χ4v) is 2.67. The van der Waals surface area contributed by atoms with Crippen LogP contribution in [-0.2, 0) is 4.79 Å². The number of hydrogen-bond acceptors (Lipinski definition) is 5. The summed E-state index contributed by atoms with van der Waals surface area (Å²) in [7, 11) is 5.15. The van der Waals surface area contributed by atoms with Crippen molar-refractivity contribution in [2.75, 3.05) is 34.4 Å². The van der Waals surface area contributed by atoms with Crippen LogP contribution in [0.3, 0.4) is 0 Å². The van der Waals surface area contributed by atoms with Gasteiger partial charge in [0.05, 0.1) is 20.3 Å². The molecule has 0 radical (unpaired) electrons. The van der Waals surface area contributed by atoms with Crippen LogP contribution in [0, 0.1) is 11.3 Å². The first-order valence-corrected chi connectivity index (χ1v) is 7.84. The van der Waals surface area contributed by atoms with Crippen LogP contribution in [0.2, 0.25) is 0 Å². The van der Waals surface area contributed by atoms with E-state index in [1.807, 2.05) is 13.1 Å². The summed E-state index contributed by atoms with van der Waals surface area (Å²) in [5, 5.41) is 12.3. The van der Waals surface area contributed by atoms with Gasteiger partial charge in [-0.1, -0.05) is 6.07 Å². The summed E-state index contributed by atoms with van der Waals surface area (Å²) >= 11 is 0. The summed E-state index contributed by atoms with van der Waals surface area (Å²) in [6, 6.07) is 7.68. The van der Waals surface area contributed by atoms with E-state index in [4.69, 9.17) is 9.47 Å². The second kappa shape index (κ2) is 7.84. The molecule has 2 rings (SSSR count). The zero-order valence-corrected chi connectivity index (χ0v) is 14.3. The van der Waals surface area contributed by atoms with Gasteiger partial charge in [-0.25, -0.2) is 0 Å². The van der Waals surface area contributed by atoms with Crippen LogP contribution in [0.4, 0.5) is 0 Å². The topological polar surface area (TPSA) is 74.6 Å². The maximum atomic E-state index is 12.2. The summed E-state index contributed by atoms with van der Waals surface area (Å²) in [4.78, 5) is 14.3. The average Bonchev–Trinajstić information content (AvgIpc) is 2.61. The molecule has 6 heteroatoms. The van der Waals surface area contributed by atoms with Crippen molar-refractivity contribution in [1.82, 2.24) is 10.2 Å².